The van der Waals surface area contributed by atoms with Crippen LogP contribution < -0.4 is 21.7 Å². The molecule has 1 fully saturated rings. The molecule has 3 aromatic rings. The van der Waals surface area contributed by atoms with Crippen LogP contribution in [-0.2, 0) is 4.79 Å². The maximum absolute atomic E-state index is 14.0. The Labute approximate surface area is 212 Å². The van der Waals surface area contributed by atoms with Crippen LogP contribution in [0.4, 0.5) is 15.8 Å². The first-order chi connectivity index (χ1) is 17.3. The zero-order valence-corrected chi connectivity index (χ0v) is 20.7. The topological polar surface area (TPSA) is 131 Å². The van der Waals surface area contributed by atoms with Crippen LogP contribution in [-0.4, -0.2) is 28.1 Å². The maximum Gasteiger partial charge on any atom is 0.273 e. The van der Waals surface area contributed by atoms with Gasteiger partial charge in [-0.05, 0) is 61.1 Å². The van der Waals surface area contributed by atoms with E-state index in [0.717, 1.165) is 49.2 Å². The molecule has 3 amide bonds. The Bertz CT molecular complexity index is 1250. The number of nitrogens with zero attached hydrogens (tertiary/aromatic N) is 2. The summed E-state index contributed by atoms with van der Waals surface area (Å²) in [7, 11) is 0. The van der Waals surface area contributed by atoms with Crippen LogP contribution in [0.2, 0.25) is 0 Å². The van der Waals surface area contributed by atoms with Crippen molar-refractivity contribution in [3.05, 3.63) is 76.0 Å². The molecule has 188 valence electrons. The summed E-state index contributed by atoms with van der Waals surface area (Å²) in [6.07, 6.45) is 4.85. The first-order valence-corrected chi connectivity index (χ1v) is 12.5. The number of hydrogen-bond donors (Lipinski definition) is 3. The van der Waals surface area contributed by atoms with E-state index >= 15 is 0 Å². The van der Waals surface area contributed by atoms with E-state index in [1.54, 1.807) is 12.1 Å². The van der Waals surface area contributed by atoms with E-state index in [4.69, 9.17) is 11.5 Å². The van der Waals surface area contributed by atoms with E-state index < -0.39 is 23.7 Å². The van der Waals surface area contributed by atoms with Gasteiger partial charge < -0.3 is 16.8 Å². The highest BCUT2D eigenvalue weighted by Gasteiger charge is 2.36. The van der Waals surface area contributed by atoms with E-state index in [1.165, 1.54) is 29.2 Å². The molecular weight excluding hydrogens is 481 g/mol. The number of hydrogen-bond acceptors (Lipinski definition) is 6. The average Bonchev–Trinajstić information content (AvgIpc) is 3.26. The number of carbonyl (C=O) groups is 3. The zero-order valence-electron chi connectivity index (χ0n) is 19.9. The number of nitrogens with one attached hydrogen (secondary N) is 1. The molecule has 2 aromatic carbocycles. The summed E-state index contributed by atoms with van der Waals surface area (Å²) >= 11 is 0.742. The van der Waals surface area contributed by atoms with Gasteiger partial charge in [0.15, 0.2) is 5.69 Å². The zero-order chi connectivity index (χ0) is 25.8. The molecule has 0 bridgehead atoms. The van der Waals surface area contributed by atoms with Crippen molar-refractivity contribution in [3.63, 3.8) is 0 Å². The normalized spacial score (nSPS) is 14.7. The SMILES string of the molecule is Cc1ccc(N(C(=O)c2snc(C(N)=O)c2N)C(C(=O)NC2CCCCC2)c2ccc(F)cc2)cc1. The Balaban J connectivity index is 1.83. The van der Waals surface area contributed by atoms with Crippen LogP contribution in [0.1, 0.15) is 69.4 Å². The molecule has 1 aliphatic carbocycles. The minimum Gasteiger partial charge on any atom is -0.395 e. The Hall–Kier alpha value is -3.79. The van der Waals surface area contributed by atoms with E-state index in [1.807, 2.05) is 19.1 Å². The van der Waals surface area contributed by atoms with Crippen LogP contribution in [0.15, 0.2) is 48.5 Å². The van der Waals surface area contributed by atoms with Crippen molar-refractivity contribution in [2.75, 3.05) is 10.6 Å². The molecule has 1 aromatic heterocycles. The third-order valence-electron chi connectivity index (χ3n) is 6.33. The van der Waals surface area contributed by atoms with Gasteiger partial charge in [0.1, 0.15) is 16.7 Å². The average molecular weight is 510 g/mol. The van der Waals surface area contributed by atoms with Gasteiger partial charge in [-0.2, -0.15) is 4.37 Å². The predicted molar refractivity (Wildman–Crippen MR) is 137 cm³/mol. The standard InChI is InChI=1S/C26H28FN5O3S/c1-15-7-13-19(14-8-15)32(26(35)23-20(28)21(24(29)33)31-36-23)22(16-9-11-17(27)12-10-16)25(34)30-18-5-3-2-4-6-18/h7-14,18,22H,2-6,28H2,1H3,(H2,29,33)(H,30,34). The summed E-state index contributed by atoms with van der Waals surface area (Å²) in [4.78, 5) is 40.8. The molecule has 4 rings (SSSR count). The number of primary amides is 1. The first kappa shape index (κ1) is 25.3. The lowest BCUT2D eigenvalue weighted by molar-refractivity contribution is -0.123. The quantitative estimate of drug-likeness (QED) is 0.441. The number of amides is 3. The van der Waals surface area contributed by atoms with Gasteiger partial charge in [-0.3, -0.25) is 19.3 Å². The second-order valence-corrected chi connectivity index (χ2v) is 9.72. The van der Waals surface area contributed by atoms with Crippen molar-refractivity contribution in [1.29, 1.82) is 0 Å². The van der Waals surface area contributed by atoms with Crippen LogP contribution in [0.5, 0.6) is 0 Å². The minimum absolute atomic E-state index is 0.0121. The maximum atomic E-state index is 14.0. The molecule has 1 saturated carbocycles. The first-order valence-electron chi connectivity index (χ1n) is 11.8. The number of halogens is 1. The molecular formula is C26H28FN5O3S. The number of aryl methyl sites for hydroxylation is 1. The van der Waals surface area contributed by atoms with Gasteiger partial charge in [0.05, 0.1) is 5.69 Å². The number of nitrogens with two attached hydrogens (primary N) is 2. The molecule has 0 radical (unpaired) electrons. The molecule has 8 nitrogen and oxygen atoms in total. The monoisotopic (exact) mass is 509 g/mol. The van der Waals surface area contributed by atoms with Gasteiger partial charge in [-0.25, -0.2) is 4.39 Å². The van der Waals surface area contributed by atoms with Gasteiger partial charge >= 0.3 is 0 Å². The molecule has 36 heavy (non-hydrogen) atoms. The summed E-state index contributed by atoms with van der Waals surface area (Å²) in [6.45, 7) is 1.91. The predicted octanol–water partition coefficient (Wildman–Crippen LogP) is 4.11. The summed E-state index contributed by atoms with van der Waals surface area (Å²) in [5.74, 6) is -2.32. The van der Waals surface area contributed by atoms with E-state index in [0.29, 0.717) is 11.3 Å². The van der Waals surface area contributed by atoms with E-state index in [9.17, 15) is 18.8 Å². The van der Waals surface area contributed by atoms with Crippen molar-refractivity contribution in [2.45, 2.75) is 51.1 Å². The largest absolute Gasteiger partial charge is 0.395 e. The molecule has 0 aliphatic heterocycles. The molecule has 1 atom stereocenters. The summed E-state index contributed by atoms with van der Waals surface area (Å²) in [5.41, 5.74) is 12.9. The smallest absolute Gasteiger partial charge is 0.273 e. The molecule has 10 heteroatoms. The van der Waals surface area contributed by atoms with Crippen LogP contribution in [0, 0.1) is 12.7 Å². The van der Waals surface area contributed by atoms with Gasteiger partial charge in [0.25, 0.3) is 11.8 Å². The molecule has 1 heterocycles. The third kappa shape index (κ3) is 5.38. The van der Waals surface area contributed by atoms with Gasteiger partial charge in [0, 0.05) is 11.7 Å². The molecule has 1 unspecified atom stereocenters. The van der Waals surface area contributed by atoms with Crippen molar-refractivity contribution < 1.29 is 18.8 Å². The van der Waals surface area contributed by atoms with Crippen molar-refractivity contribution in [3.8, 4) is 0 Å². The Morgan fingerprint density at radius 2 is 1.69 bits per heavy atom. The molecule has 5 N–H and O–H groups in total. The van der Waals surface area contributed by atoms with Crippen LogP contribution in [0.25, 0.3) is 0 Å². The molecule has 0 spiro atoms. The highest BCUT2D eigenvalue weighted by Crippen LogP contribution is 2.34. The fourth-order valence-corrected chi connectivity index (χ4v) is 5.16. The number of benzene rings is 2. The Kier molecular flexibility index (Phi) is 7.64. The van der Waals surface area contributed by atoms with E-state index in [2.05, 4.69) is 9.69 Å². The summed E-state index contributed by atoms with van der Waals surface area (Å²) in [6, 6.07) is 11.4. The fourth-order valence-electron chi connectivity index (χ4n) is 4.42. The Morgan fingerprint density at radius 1 is 1.06 bits per heavy atom. The number of anilines is 2. The molecule has 1 aliphatic rings. The minimum atomic E-state index is -1.12. The van der Waals surface area contributed by atoms with E-state index in [-0.39, 0.29) is 28.2 Å². The summed E-state index contributed by atoms with van der Waals surface area (Å²) < 4.78 is 17.8. The van der Waals surface area contributed by atoms with Crippen molar-refractivity contribution in [2.24, 2.45) is 5.73 Å². The van der Waals surface area contributed by atoms with Crippen molar-refractivity contribution in [1.82, 2.24) is 9.69 Å². The number of nitrogen functional groups attached to an aromatic ring is 1. The van der Waals surface area contributed by atoms with Gasteiger partial charge in [-0.1, -0.05) is 49.1 Å². The third-order valence-corrected chi connectivity index (χ3v) is 7.18. The second kappa shape index (κ2) is 10.9. The fraction of sp³-hybridized carbons (Fsp3) is 0.308. The lowest BCUT2D eigenvalue weighted by atomic mass is 9.94. The van der Waals surface area contributed by atoms with Crippen molar-refractivity contribution >= 4 is 40.6 Å². The number of carbonyl (C=O) groups excluding carboxylic acids is 3. The highest BCUT2D eigenvalue weighted by molar-refractivity contribution is 7.09. The molecule has 0 saturated heterocycles. The Morgan fingerprint density at radius 3 is 2.28 bits per heavy atom. The van der Waals surface area contributed by atoms with Gasteiger partial charge in [0.2, 0.25) is 5.91 Å². The van der Waals surface area contributed by atoms with Crippen LogP contribution >= 0.6 is 11.5 Å². The lowest BCUT2D eigenvalue weighted by Crippen LogP contribution is -2.47. The van der Waals surface area contributed by atoms with Gasteiger partial charge in [-0.15, -0.1) is 0 Å². The lowest BCUT2D eigenvalue weighted by Gasteiger charge is -2.33. The number of rotatable bonds is 7. The number of aromatic nitrogens is 1. The van der Waals surface area contributed by atoms with Crippen LogP contribution in [0.3, 0.4) is 0 Å². The highest BCUT2D eigenvalue weighted by atomic mass is 32.1. The summed E-state index contributed by atoms with van der Waals surface area (Å²) in [5, 5.41) is 3.09. The second-order valence-electron chi connectivity index (χ2n) is 8.95.